The highest BCUT2D eigenvalue weighted by Gasteiger charge is 2.24. The molecule has 0 atom stereocenters. The Bertz CT molecular complexity index is 906. The van der Waals surface area contributed by atoms with Crippen LogP contribution >= 0.6 is 0 Å². The molecule has 2 aromatic rings. The summed E-state index contributed by atoms with van der Waals surface area (Å²) >= 11 is 0. The zero-order valence-electron chi connectivity index (χ0n) is 14.5. The van der Waals surface area contributed by atoms with Crippen LogP contribution < -0.4 is 19.5 Å². The highest BCUT2D eigenvalue weighted by atomic mass is 32.2. The minimum absolute atomic E-state index is 0.0325. The summed E-state index contributed by atoms with van der Waals surface area (Å²) in [6.45, 7) is 0. The number of carbonyl (C=O) groups excluding carboxylic acids is 1. The molecule has 0 heterocycles. The maximum absolute atomic E-state index is 12.7. The van der Waals surface area contributed by atoms with Crippen LogP contribution in [0.3, 0.4) is 0 Å². The van der Waals surface area contributed by atoms with Crippen LogP contribution in [-0.2, 0) is 10.0 Å². The molecule has 7 nitrogen and oxygen atoms in total. The highest BCUT2D eigenvalue weighted by molar-refractivity contribution is 7.92. The number of anilines is 1. The lowest BCUT2D eigenvalue weighted by molar-refractivity contribution is 0.0951. The predicted molar refractivity (Wildman–Crippen MR) is 97.3 cm³/mol. The molecular weight excluding hydrogens is 356 g/mol. The fourth-order valence-corrected chi connectivity index (χ4v) is 3.63. The maximum atomic E-state index is 12.7. The van der Waals surface area contributed by atoms with Crippen molar-refractivity contribution in [1.82, 2.24) is 5.32 Å². The Balaban J connectivity index is 1.80. The summed E-state index contributed by atoms with van der Waals surface area (Å²) in [6.07, 6.45) is 2.01. The molecular formula is C18H20N2O5S. The summed E-state index contributed by atoms with van der Waals surface area (Å²) in [7, 11) is -1.03. The number of hydrogen-bond donors (Lipinski definition) is 2. The standard InChI is InChI=1S/C18H20N2O5S/c1-24-15-9-10-16(25-2)17(11-15)26(22,23)20-14-5-3-12(4-6-14)18(21)19-13-7-8-13/h3-6,9-11,13,20H,7-8H2,1-2H3,(H,19,21). The van der Waals surface area contributed by atoms with Crippen LogP contribution in [0.2, 0.25) is 0 Å². The first-order chi connectivity index (χ1) is 12.4. The van der Waals surface area contributed by atoms with Gasteiger partial charge in [-0.3, -0.25) is 9.52 Å². The molecule has 0 aliphatic heterocycles. The lowest BCUT2D eigenvalue weighted by Crippen LogP contribution is -2.25. The molecule has 1 aliphatic rings. The van der Waals surface area contributed by atoms with Crippen molar-refractivity contribution in [3.8, 4) is 11.5 Å². The number of hydrogen-bond acceptors (Lipinski definition) is 5. The summed E-state index contributed by atoms with van der Waals surface area (Å²) < 4.78 is 38.1. The van der Waals surface area contributed by atoms with Crippen molar-refractivity contribution in [3.05, 3.63) is 48.0 Å². The van der Waals surface area contributed by atoms with Crippen molar-refractivity contribution in [1.29, 1.82) is 0 Å². The van der Waals surface area contributed by atoms with Gasteiger partial charge in [-0.05, 0) is 49.2 Å². The molecule has 0 bridgehead atoms. The Kier molecular flexibility index (Phi) is 5.03. The van der Waals surface area contributed by atoms with Crippen molar-refractivity contribution in [3.63, 3.8) is 0 Å². The van der Waals surface area contributed by atoms with E-state index in [1.165, 1.54) is 26.4 Å². The maximum Gasteiger partial charge on any atom is 0.265 e. The second kappa shape index (κ2) is 7.25. The molecule has 1 fully saturated rings. The number of nitrogens with one attached hydrogen (secondary N) is 2. The largest absolute Gasteiger partial charge is 0.497 e. The smallest absolute Gasteiger partial charge is 0.265 e. The summed E-state index contributed by atoms with van der Waals surface area (Å²) in [5.74, 6) is 0.452. The van der Waals surface area contributed by atoms with Crippen molar-refractivity contribution < 1.29 is 22.7 Å². The van der Waals surface area contributed by atoms with Gasteiger partial charge >= 0.3 is 0 Å². The second-order valence-corrected chi connectivity index (χ2v) is 7.60. The van der Waals surface area contributed by atoms with Gasteiger partial charge in [-0.15, -0.1) is 0 Å². The van der Waals surface area contributed by atoms with E-state index in [0.29, 0.717) is 17.0 Å². The average Bonchev–Trinajstić information content (AvgIpc) is 3.45. The van der Waals surface area contributed by atoms with E-state index in [-0.39, 0.29) is 22.6 Å². The third-order valence-electron chi connectivity index (χ3n) is 3.97. The van der Waals surface area contributed by atoms with E-state index in [9.17, 15) is 13.2 Å². The minimum atomic E-state index is -3.89. The van der Waals surface area contributed by atoms with E-state index >= 15 is 0 Å². The molecule has 0 spiro atoms. The van der Waals surface area contributed by atoms with E-state index in [1.54, 1.807) is 30.3 Å². The molecule has 0 radical (unpaired) electrons. The molecule has 138 valence electrons. The molecule has 1 saturated carbocycles. The lowest BCUT2D eigenvalue weighted by Gasteiger charge is -2.13. The number of rotatable bonds is 7. The fraction of sp³-hybridized carbons (Fsp3) is 0.278. The molecule has 2 N–H and O–H groups in total. The molecule has 1 amide bonds. The molecule has 3 rings (SSSR count). The van der Waals surface area contributed by atoms with Gasteiger partial charge in [-0.1, -0.05) is 0 Å². The van der Waals surface area contributed by atoms with Crippen LogP contribution in [0.4, 0.5) is 5.69 Å². The Hall–Kier alpha value is -2.74. The number of amides is 1. The lowest BCUT2D eigenvalue weighted by atomic mass is 10.2. The van der Waals surface area contributed by atoms with Gasteiger partial charge in [-0.25, -0.2) is 8.42 Å². The molecule has 2 aromatic carbocycles. The quantitative estimate of drug-likeness (QED) is 0.774. The van der Waals surface area contributed by atoms with Crippen molar-refractivity contribution in [2.24, 2.45) is 0 Å². The first kappa shape index (κ1) is 18.1. The molecule has 0 aromatic heterocycles. The first-order valence-electron chi connectivity index (χ1n) is 8.09. The summed E-state index contributed by atoms with van der Waals surface area (Å²) in [5.41, 5.74) is 0.830. The average molecular weight is 376 g/mol. The Morgan fingerprint density at radius 3 is 2.31 bits per heavy atom. The van der Waals surface area contributed by atoms with Gasteiger partial charge in [-0.2, -0.15) is 0 Å². The van der Waals surface area contributed by atoms with Crippen LogP contribution in [0.15, 0.2) is 47.4 Å². The van der Waals surface area contributed by atoms with E-state index in [2.05, 4.69) is 10.0 Å². The topological polar surface area (TPSA) is 93.7 Å². The van der Waals surface area contributed by atoms with Crippen LogP contribution in [0.1, 0.15) is 23.2 Å². The monoisotopic (exact) mass is 376 g/mol. The Labute approximate surface area is 152 Å². The number of carbonyl (C=O) groups is 1. The number of benzene rings is 2. The minimum Gasteiger partial charge on any atom is -0.497 e. The van der Waals surface area contributed by atoms with Crippen molar-refractivity contribution in [2.45, 2.75) is 23.8 Å². The van der Waals surface area contributed by atoms with Gasteiger partial charge in [0, 0.05) is 23.4 Å². The van der Waals surface area contributed by atoms with E-state index < -0.39 is 10.0 Å². The van der Waals surface area contributed by atoms with Crippen molar-refractivity contribution >= 4 is 21.6 Å². The third-order valence-corrected chi connectivity index (χ3v) is 5.37. The number of methoxy groups -OCH3 is 2. The molecule has 0 saturated heterocycles. The van der Waals surface area contributed by atoms with Crippen LogP contribution in [-0.4, -0.2) is 34.6 Å². The zero-order chi connectivity index (χ0) is 18.7. The summed E-state index contributed by atoms with van der Waals surface area (Å²) in [6, 6.07) is 11.1. The van der Waals surface area contributed by atoms with E-state index in [4.69, 9.17) is 9.47 Å². The van der Waals surface area contributed by atoms with E-state index in [0.717, 1.165) is 12.8 Å². The van der Waals surface area contributed by atoms with Crippen LogP contribution in [0, 0.1) is 0 Å². The highest BCUT2D eigenvalue weighted by Crippen LogP contribution is 2.29. The van der Waals surface area contributed by atoms with Gasteiger partial charge in [0.15, 0.2) is 0 Å². The van der Waals surface area contributed by atoms with E-state index in [1.807, 2.05) is 0 Å². The van der Waals surface area contributed by atoms with Gasteiger partial charge in [0.2, 0.25) is 0 Å². The molecule has 26 heavy (non-hydrogen) atoms. The number of ether oxygens (including phenoxy) is 2. The van der Waals surface area contributed by atoms with Crippen molar-refractivity contribution in [2.75, 3.05) is 18.9 Å². The van der Waals surface area contributed by atoms with Crippen LogP contribution in [0.25, 0.3) is 0 Å². The summed E-state index contributed by atoms with van der Waals surface area (Å²) in [5, 5.41) is 2.88. The SMILES string of the molecule is COc1ccc(OC)c(S(=O)(=O)Nc2ccc(C(=O)NC3CC3)cc2)c1. The van der Waals surface area contributed by atoms with Gasteiger partial charge in [0.1, 0.15) is 16.4 Å². The number of sulfonamides is 1. The molecule has 0 unspecified atom stereocenters. The molecule has 1 aliphatic carbocycles. The van der Waals surface area contributed by atoms with Crippen LogP contribution in [0.5, 0.6) is 11.5 Å². The molecule has 8 heteroatoms. The van der Waals surface area contributed by atoms with Gasteiger partial charge in [0.05, 0.1) is 14.2 Å². The second-order valence-electron chi connectivity index (χ2n) is 5.95. The zero-order valence-corrected chi connectivity index (χ0v) is 15.3. The van der Waals surface area contributed by atoms with Gasteiger partial charge < -0.3 is 14.8 Å². The fourth-order valence-electron chi connectivity index (χ4n) is 2.39. The van der Waals surface area contributed by atoms with Gasteiger partial charge in [0.25, 0.3) is 15.9 Å². The first-order valence-corrected chi connectivity index (χ1v) is 9.57. The Morgan fingerprint density at radius 1 is 1.04 bits per heavy atom. The predicted octanol–water partition coefficient (Wildman–Crippen LogP) is 2.40. The third kappa shape index (κ3) is 4.08. The Morgan fingerprint density at radius 2 is 1.73 bits per heavy atom. The normalized spacial score (nSPS) is 13.8. The summed E-state index contributed by atoms with van der Waals surface area (Å²) in [4.78, 5) is 12.0.